The first-order valence-electron chi connectivity index (χ1n) is 10.3. The van der Waals surface area contributed by atoms with E-state index in [1.807, 2.05) is 13.8 Å². The zero-order valence-electron chi connectivity index (χ0n) is 17.3. The van der Waals surface area contributed by atoms with E-state index in [0.29, 0.717) is 61.8 Å². The van der Waals surface area contributed by atoms with Gasteiger partial charge in [-0.2, -0.15) is 0 Å². The largest absolute Gasteiger partial charge is 0.490 e. The van der Waals surface area contributed by atoms with Gasteiger partial charge in [-0.15, -0.1) is 0 Å². The van der Waals surface area contributed by atoms with E-state index in [1.165, 1.54) is 24.3 Å². The van der Waals surface area contributed by atoms with E-state index in [0.717, 1.165) is 0 Å². The molecule has 1 N–H and O–H groups in total. The van der Waals surface area contributed by atoms with Crippen LogP contribution in [0.15, 0.2) is 42.5 Å². The Kier molecular flexibility index (Phi) is 7.27. The molecule has 2 amide bonds. The molecular weight excluding hydrogens is 387 g/mol. The van der Waals surface area contributed by atoms with Gasteiger partial charge < -0.3 is 19.7 Å². The predicted molar refractivity (Wildman–Crippen MR) is 112 cm³/mol. The topological polar surface area (TPSA) is 67.9 Å². The number of nitrogens with zero attached hydrogens (tertiary/aromatic N) is 1. The smallest absolute Gasteiger partial charge is 0.253 e. The Labute approximate surface area is 176 Å². The number of amides is 2. The van der Waals surface area contributed by atoms with Crippen molar-refractivity contribution in [2.24, 2.45) is 0 Å². The van der Waals surface area contributed by atoms with Crippen LogP contribution in [0.3, 0.4) is 0 Å². The van der Waals surface area contributed by atoms with E-state index in [-0.39, 0.29) is 23.7 Å². The molecule has 0 unspecified atom stereocenters. The molecule has 1 fully saturated rings. The first-order chi connectivity index (χ1) is 14.5. The lowest BCUT2D eigenvalue weighted by Crippen LogP contribution is -2.46. The van der Waals surface area contributed by atoms with Gasteiger partial charge in [-0.05, 0) is 69.2 Å². The number of hydrogen-bond acceptors (Lipinski definition) is 4. The minimum atomic E-state index is -0.375. The molecule has 1 heterocycles. The highest BCUT2D eigenvalue weighted by Gasteiger charge is 2.25. The monoisotopic (exact) mass is 414 g/mol. The molecule has 1 aliphatic rings. The van der Waals surface area contributed by atoms with Crippen molar-refractivity contribution >= 4 is 11.8 Å². The summed E-state index contributed by atoms with van der Waals surface area (Å²) in [5.41, 5.74) is 0.975. The van der Waals surface area contributed by atoms with Crippen LogP contribution in [0.5, 0.6) is 11.5 Å². The van der Waals surface area contributed by atoms with Crippen LogP contribution in [0.25, 0.3) is 0 Å². The summed E-state index contributed by atoms with van der Waals surface area (Å²) in [5.74, 6) is 0.514. The Bertz CT molecular complexity index is 877. The maximum Gasteiger partial charge on any atom is 0.253 e. The molecule has 0 radical (unpaired) electrons. The number of likely N-dealkylation sites (tertiary alicyclic amines) is 1. The van der Waals surface area contributed by atoms with Crippen molar-refractivity contribution < 1.29 is 23.5 Å². The van der Waals surface area contributed by atoms with Gasteiger partial charge in [0.05, 0.1) is 13.2 Å². The number of nitrogens with one attached hydrogen (secondary N) is 1. The molecule has 0 saturated carbocycles. The lowest BCUT2D eigenvalue weighted by molar-refractivity contribution is 0.0697. The molecule has 0 aromatic heterocycles. The fourth-order valence-electron chi connectivity index (χ4n) is 3.46. The van der Waals surface area contributed by atoms with Gasteiger partial charge in [0.1, 0.15) is 5.82 Å². The second-order valence-corrected chi connectivity index (χ2v) is 7.07. The van der Waals surface area contributed by atoms with Crippen LogP contribution in [0.4, 0.5) is 4.39 Å². The van der Waals surface area contributed by atoms with Crippen molar-refractivity contribution in [2.75, 3.05) is 26.3 Å². The van der Waals surface area contributed by atoms with E-state index in [4.69, 9.17) is 9.47 Å². The van der Waals surface area contributed by atoms with Crippen molar-refractivity contribution in [2.45, 2.75) is 32.7 Å². The number of rotatable bonds is 7. The zero-order valence-corrected chi connectivity index (χ0v) is 17.3. The number of halogens is 1. The highest BCUT2D eigenvalue weighted by atomic mass is 19.1. The Hall–Kier alpha value is -3.09. The minimum absolute atomic E-state index is 0.0223. The number of ether oxygens (including phenoxy) is 2. The van der Waals surface area contributed by atoms with Crippen LogP contribution >= 0.6 is 0 Å². The lowest BCUT2D eigenvalue weighted by Gasteiger charge is -2.32. The maximum atomic E-state index is 13.0. The molecule has 0 spiro atoms. The molecule has 3 rings (SSSR count). The highest BCUT2D eigenvalue weighted by Crippen LogP contribution is 2.29. The normalized spacial score (nSPS) is 14.3. The van der Waals surface area contributed by atoms with E-state index >= 15 is 0 Å². The third-order valence-electron chi connectivity index (χ3n) is 5.01. The van der Waals surface area contributed by atoms with Gasteiger partial charge in [-0.1, -0.05) is 0 Å². The van der Waals surface area contributed by atoms with Crippen LogP contribution in [-0.2, 0) is 0 Å². The first kappa shape index (κ1) is 21.6. The van der Waals surface area contributed by atoms with Crippen molar-refractivity contribution in [3.8, 4) is 11.5 Å². The van der Waals surface area contributed by atoms with Gasteiger partial charge in [0.25, 0.3) is 11.8 Å². The van der Waals surface area contributed by atoms with Gasteiger partial charge in [-0.3, -0.25) is 9.59 Å². The van der Waals surface area contributed by atoms with Crippen molar-refractivity contribution in [1.29, 1.82) is 0 Å². The lowest BCUT2D eigenvalue weighted by atomic mass is 10.0. The predicted octanol–water partition coefficient (Wildman–Crippen LogP) is 3.66. The van der Waals surface area contributed by atoms with Gasteiger partial charge >= 0.3 is 0 Å². The summed E-state index contributed by atoms with van der Waals surface area (Å²) in [6.07, 6.45) is 1.32. The molecule has 30 heavy (non-hydrogen) atoms. The van der Waals surface area contributed by atoms with Crippen molar-refractivity contribution in [3.05, 3.63) is 59.4 Å². The average Bonchev–Trinajstić information content (AvgIpc) is 2.76. The highest BCUT2D eigenvalue weighted by molar-refractivity contribution is 5.95. The summed E-state index contributed by atoms with van der Waals surface area (Å²) >= 11 is 0. The SMILES string of the molecule is CCOc1ccc(C(=O)N2CCC(NC(=O)c3ccc(F)cc3)CC2)cc1OCC. The first-order valence-corrected chi connectivity index (χ1v) is 10.3. The molecule has 2 aromatic carbocycles. The quantitative estimate of drug-likeness (QED) is 0.751. The summed E-state index contributed by atoms with van der Waals surface area (Å²) in [5, 5.41) is 2.97. The Morgan fingerprint density at radius 1 is 0.967 bits per heavy atom. The second-order valence-electron chi connectivity index (χ2n) is 7.07. The molecule has 160 valence electrons. The van der Waals surface area contributed by atoms with E-state index < -0.39 is 0 Å². The van der Waals surface area contributed by atoms with Gasteiger partial charge in [0.15, 0.2) is 11.5 Å². The van der Waals surface area contributed by atoms with Gasteiger partial charge in [0.2, 0.25) is 0 Å². The Morgan fingerprint density at radius 2 is 1.57 bits per heavy atom. The summed E-state index contributed by atoms with van der Waals surface area (Å²) in [6, 6.07) is 10.7. The maximum absolute atomic E-state index is 13.0. The van der Waals surface area contributed by atoms with Crippen LogP contribution in [0.2, 0.25) is 0 Å². The zero-order chi connectivity index (χ0) is 21.5. The average molecular weight is 414 g/mol. The number of hydrogen-bond donors (Lipinski definition) is 1. The van der Waals surface area contributed by atoms with Crippen LogP contribution in [-0.4, -0.2) is 49.1 Å². The number of benzene rings is 2. The van der Waals surface area contributed by atoms with Gasteiger partial charge in [0, 0.05) is 30.3 Å². The Balaban J connectivity index is 1.58. The third-order valence-corrected chi connectivity index (χ3v) is 5.01. The summed E-state index contributed by atoms with van der Waals surface area (Å²) < 4.78 is 24.2. The van der Waals surface area contributed by atoms with Crippen LogP contribution in [0, 0.1) is 5.82 Å². The van der Waals surface area contributed by atoms with E-state index in [2.05, 4.69) is 5.32 Å². The standard InChI is InChI=1S/C23H27FN2O4/c1-3-29-20-10-7-17(15-21(20)30-4-2)23(28)26-13-11-19(12-14-26)25-22(27)16-5-8-18(24)9-6-16/h5-10,15,19H,3-4,11-14H2,1-2H3,(H,25,27). The number of piperidine rings is 1. The molecule has 1 saturated heterocycles. The summed E-state index contributed by atoms with van der Waals surface area (Å²) in [4.78, 5) is 27.0. The number of carbonyl (C=O) groups excluding carboxylic acids is 2. The minimum Gasteiger partial charge on any atom is -0.490 e. The van der Waals surface area contributed by atoms with Crippen LogP contribution in [0.1, 0.15) is 47.4 Å². The van der Waals surface area contributed by atoms with Crippen LogP contribution < -0.4 is 14.8 Å². The molecule has 0 atom stereocenters. The molecule has 0 bridgehead atoms. The number of carbonyl (C=O) groups is 2. The molecular formula is C23H27FN2O4. The van der Waals surface area contributed by atoms with E-state index in [1.54, 1.807) is 23.1 Å². The fourth-order valence-corrected chi connectivity index (χ4v) is 3.46. The second kappa shape index (κ2) is 10.1. The summed E-state index contributed by atoms with van der Waals surface area (Å²) in [7, 11) is 0. The Morgan fingerprint density at radius 3 is 2.20 bits per heavy atom. The van der Waals surface area contributed by atoms with Crippen molar-refractivity contribution in [3.63, 3.8) is 0 Å². The molecule has 2 aromatic rings. The molecule has 1 aliphatic heterocycles. The van der Waals surface area contributed by atoms with Gasteiger partial charge in [-0.25, -0.2) is 4.39 Å². The molecule has 6 nitrogen and oxygen atoms in total. The molecule has 0 aliphatic carbocycles. The van der Waals surface area contributed by atoms with E-state index in [9.17, 15) is 14.0 Å². The summed E-state index contributed by atoms with van der Waals surface area (Å²) in [6.45, 7) is 5.87. The van der Waals surface area contributed by atoms with Crippen molar-refractivity contribution in [1.82, 2.24) is 10.2 Å². The third kappa shape index (κ3) is 5.28. The molecule has 7 heteroatoms. The fraction of sp³-hybridized carbons (Fsp3) is 0.391.